The number of carboxylic acid groups (broad SMARTS) is 1. The average Bonchev–Trinajstić information content (AvgIpc) is 2.99. The Morgan fingerprint density at radius 3 is 2.32 bits per heavy atom. The van der Waals surface area contributed by atoms with Gasteiger partial charge in [-0.2, -0.15) is 0 Å². The average molecular weight is 521 g/mol. The number of para-hydroxylation sites is 2. The molecule has 0 aromatic heterocycles. The van der Waals surface area contributed by atoms with Crippen molar-refractivity contribution in [3.8, 4) is 0 Å². The number of hydrogen-bond acceptors (Lipinski definition) is 5. The maximum atomic E-state index is 14.0. The fraction of sp³-hybridized carbons (Fsp3) is 0.448. The number of carbonyl (C=O) groups is 4. The van der Waals surface area contributed by atoms with Gasteiger partial charge in [-0.3, -0.25) is 9.59 Å². The van der Waals surface area contributed by atoms with Crippen LogP contribution in [0.4, 0.5) is 21.9 Å². The third kappa shape index (κ3) is 6.15. The van der Waals surface area contributed by atoms with Crippen LogP contribution < -0.4 is 20.4 Å². The lowest BCUT2D eigenvalue weighted by Gasteiger charge is -2.37. The number of Topliss-reactive ketones (excluding diaryl/α,β-unsaturated/α-hetero) is 1. The summed E-state index contributed by atoms with van der Waals surface area (Å²) >= 11 is 0. The van der Waals surface area contributed by atoms with Gasteiger partial charge in [-0.1, -0.05) is 58.2 Å². The van der Waals surface area contributed by atoms with Crippen LogP contribution in [0, 0.1) is 5.41 Å². The lowest BCUT2D eigenvalue weighted by atomic mass is 9.90. The highest BCUT2D eigenvalue weighted by molar-refractivity contribution is 6.08. The third-order valence-electron chi connectivity index (χ3n) is 7.25. The highest BCUT2D eigenvalue weighted by atomic mass is 16.4. The number of fused-ring (bicyclic) bond motifs is 1. The molecule has 1 fully saturated rings. The van der Waals surface area contributed by atoms with Crippen LogP contribution >= 0.6 is 0 Å². The Bertz CT molecular complexity index is 1220. The molecular weight excluding hydrogens is 484 g/mol. The van der Waals surface area contributed by atoms with Gasteiger partial charge in [0.1, 0.15) is 6.04 Å². The summed E-state index contributed by atoms with van der Waals surface area (Å²) in [6.45, 7) is 5.65. The predicted octanol–water partition coefficient (Wildman–Crippen LogP) is 4.68. The lowest BCUT2D eigenvalue weighted by Crippen LogP contribution is -2.55. The number of ketones is 1. The van der Waals surface area contributed by atoms with Crippen LogP contribution in [-0.2, 0) is 9.59 Å². The number of anilines is 3. The molecule has 1 aliphatic heterocycles. The zero-order valence-corrected chi connectivity index (χ0v) is 22.2. The van der Waals surface area contributed by atoms with Crippen molar-refractivity contribution in [2.45, 2.75) is 65.0 Å². The number of nitrogens with zero attached hydrogens (tertiary/aromatic N) is 2. The number of carbonyl (C=O) groups excluding carboxylic acids is 3. The molecule has 0 spiro atoms. The lowest BCUT2D eigenvalue weighted by molar-refractivity contribution is -0.127. The molecule has 0 saturated heterocycles. The first-order valence-corrected chi connectivity index (χ1v) is 13.2. The van der Waals surface area contributed by atoms with Crippen molar-refractivity contribution in [2.75, 3.05) is 28.2 Å². The van der Waals surface area contributed by atoms with Crippen LogP contribution in [-0.4, -0.2) is 54.0 Å². The van der Waals surface area contributed by atoms with E-state index in [2.05, 4.69) is 15.5 Å². The fourth-order valence-electron chi connectivity index (χ4n) is 5.06. The second-order valence-electron chi connectivity index (χ2n) is 11.1. The van der Waals surface area contributed by atoms with Gasteiger partial charge < -0.3 is 25.5 Å². The van der Waals surface area contributed by atoms with Gasteiger partial charge >= 0.3 is 12.0 Å². The van der Waals surface area contributed by atoms with Crippen LogP contribution in [0.5, 0.6) is 0 Å². The molecule has 1 atom stereocenters. The Morgan fingerprint density at radius 1 is 0.974 bits per heavy atom. The molecule has 1 unspecified atom stereocenters. The van der Waals surface area contributed by atoms with E-state index in [9.17, 15) is 24.3 Å². The molecular formula is C29H36N4O5. The van der Waals surface area contributed by atoms with Gasteiger partial charge in [0, 0.05) is 23.7 Å². The highest BCUT2D eigenvalue weighted by Crippen LogP contribution is 2.37. The number of carboxylic acids is 1. The summed E-state index contributed by atoms with van der Waals surface area (Å²) in [6, 6.07) is 12.2. The van der Waals surface area contributed by atoms with E-state index in [0.717, 1.165) is 31.4 Å². The van der Waals surface area contributed by atoms with Crippen molar-refractivity contribution in [3.05, 3.63) is 54.1 Å². The van der Waals surface area contributed by atoms with Crippen LogP contribution in [0.15, 0.2) is 48.5 Å². The van der Waals surface area contributed by atoms with Gasteiger partial charge in [0.25, 0.3) is 5.91 Å². The van der Waals surface area contributed by atoms with E-state index in [4.69, 9.17) is 0 Å². The summed E-state index contributed by atoms with van der Waals surface area (Å²) in [5, 5.41) is 14.7. The second-order valence-corrected chi connectivity index (χ2v) is 11.1. The Labute approximate surface area is 223 Å². The minimum absolute atomic E-state index is 0.0409. The smallest absolute Gasteiger partial charge is 0.335 e. The van der Waals surface area contributed by atoms with E-state index in [1.807, 2.05) is 45.0 Å². The Balaban J connectivity index is 1.65. The minimum atomic E-state index is -1.10. The monoisotopic (exact) mass is 520 g/mol. The molecule has 0 radical (unpaired) electrons. The fourth-order valence-corrected chi connectivity index (χ4v) is 5.06. The van der Waals surface area contributed by atoms with Crippen LogP contribution in [0.25, 0.3) is 0 Å². The van der Waals surface area contributed by atoms with Crippen LogP contribution in [0.3, 0.4) is 0 Å². The zero-order valence-electron chi connectivity index (χ0n) is 22.2. The molecule has 2 aromatic carbocycles. The number of amides is 3. The Morgan fingerprint density at radius 2 is 1.66 bits per heavy atom. The number of hydrogen-bond donors (Lipinski definition) is 3. The van der Waals surface area contributed by atoms with Crippen molar-refractivity contribution in [2.24, 2.45) is 5.41 Å². The molecule has 3 amide bonds. The number of aromatic carboxylic acids is 1. The summed E-state index contributed by atoms with van der Waals surface area (Å²) in [7, 11) is 0. The van der Waals surface area contributed by atoms with Gasteiger partial charge in [0.2, 0.25) is 0 Å². The van der Waals surface area contributed by atoms with Crippen molar-refractivity contribution in [3.63, 3.8) is 0 Å². The van der Waals surface area contributed by atoms with Crippen molar-refractivity contribution >= 4 is 40.8 Å². The van der Waals surface area contributed by atoms with Gasteiger partial charge in [0.05, 0.1) is 23.5 Å². The Kier molecular flexibility index (Phi) is 8.04. The summed E-state index contributed by atoms with van der Waals surface area (Å²) in [5.74, 6) is -1.55. The predicted molar refractivity (Wildman–Crippen MR) is 147 cm³/mol. The molecule has 0 bridgehead atoms. The van der Waals surface area contributed by atoms with Gasteiger partial charge in [0.15, 0.2) is 5.78 Å². The molecule has 9 heteroatoms. The SMILES string of the molecule is CC(C)(C)C(=O)CN1C(=O)C(NC(=O)Nc2cccc(C(=O)O)c2)CN(C2CCCCC2)c2ccccc21. The molecule has 202 valence electrons. The second kappa shape index (κ2) is 11.2. The quantitative estimate of drug-likeness (QED) is 0.509. The number of urea groups is 1. The highest BCUT2D eigenvalue weighted by Gasteiger charge is 2.39. The minimum Gasteiger partial charge on any atom is -0.478 e. The summed E-state index contributed by atoms with van der Waals surface area (Å²) in [4.78, 5) is 55.1. The van der Waals surface area contributed by atoms with E-state index < -0.39 is 23.5 Å². The van der Waals surface area contributed by atoms with Crippen molar-refractivity contribution in [1.29, 1.82) is 0 Å². The zero-order chi connectivity index (χ0) is 27.4. The summed E-state index contributed by atoms with van der Waals surface area (Å²) in [6.07, 6.45) is 5.36. The van der Waals surface area contributed by atoms with E-state index in [0.29, 0.717) is 11.4 Å². The summed E-state index contributed by atoms with van der Waals surface area (Å²) in [5.41, 5.74) is 1.25. The molecule has 2 aliphatic rings. The first-order valence-electron chi connectivity index (χ1n) is 13.2. The topological polar surface area (TPSA) is 119 Å². The number of rotatable bonds is 6. The van der Waals surface area contributed by atoms with Crippen LogP contribution in [0.1, 0.15) is 63.2 Å². The van der Waals surface area contributed by atoms with E-state index >= 15 is 0 Å². The molecule has 3 N–H and O–H groups in total. The van der Waals surface area contributed by atoms with Crippen molar-refractivity contribution < 1.29 is 24.3 Å². The summed E-state index contributed by atoms with van der Waals surface area (Å²) < 4.78 is 0. The van der Waals surface area contributed by atoms with Gasteiger partial charge in [-0.15, -0.1) is 0 Å². The standard InChI is InChI=1S/C29H36N4O5/c1-29(2,3)25(34)18-33-24-15-8-7-14-23(24)32(21-12-5-4-6-13-21)17-22(26(33)35)31-28(38)30-20-11-9-10-19(16-20)27(36)37/h7-11,14-16,21-22H,4-6,12-13,17-18H2,1-3H3,(H,36,37)(H2,30,31,38). The van der Waals surface area contributed by atoms with Crippen LogP contribution in [0.2, 0.25) is 0 Å². The largest absolute Gasteiger partial charge is 0.478 e. The van der Waals surface area contributed by atoms with E-state index in [1.165, 1.54) is 29.5 Å². The third-order valence-corrected chi connectivity index (χ3v) is 7.25. The molecule has 2 aromatic rings. The number of nitrogens with one attached hydrogen (secondary N) is 2. The van der Waals surface area contributed by atoms with Gasteiger partial charge in [-0.25, -0.2) is 9.59 Å². The number of benzene rings is 2. The first-order chi connectivity index (χ1) is 18.0. The van der Waals surface area contributed by atoms with Crippen molar-refractivity contribution in [1.82, 2.24) is 5.32 Å². The molecule has 1 saturated carbocycles. The van der Waals surface area contributed by atoms with E-state index in [-0.39, 0.29) is 36.4 Å². The normalized spacial score (nSPS) is 18.4. The maximum Gasteiger partial charge on any atom is 0.335 e. The molecule has 38 heavy (non-hydrogen) atoms. The van der Waals surface area contributed by atoms with Gasteiger partial charge in [-0.05, 0) is 43.2 Å². The molecule has 9 nitrogen and oxygen atoms in total. The molecule has 1 aliphatic carbocycles. The maximum absolute atomic E-state index is 14.0. The molecule has 4 rings (SSSR count). The van der Waals surface area contributed by atoms with E-state index in [1.54, 1.807) is 6.07 Å². The molecule has 1 heterocycles. The first kappa shape index (κ1) is 27.2. The Hall–Kier alpha value is -3.88.